The Kier molecular flexibility index (Phi) is 6.63. The molecule has 186 valence electrons. The van der Waals surface area contributed by atoms with E-state index in [1.807, 2.05) is 53.4 Å². The Balaban J connectivity index is 1.55. The molecule has 1 aromatic heterocycles. The van der Waals surface area contributed by atoms with Crippen LogP contribution in [0.15, 0.2) is 54.6 Å². The number of aliphatic hydroxyl groups is 1. The Morgan fingerprint density at radius 2 is 1.81 bits per heavy atom. The second-order valence-electron chi connectivity index (χ2n) is 9.00. The van der Waals surface area contributed by atoms with Crippen molar-refractivity contribution in [3.05, 3.63) is 65.7 Å². The number of piperazine rings is 1. The lowest BCUT2D eigenvalue weighted by Gasteiger charge is -2.34. The molecule has 0 saturated carbocycles. The van der Waals surface area contributed by atoms with E-state index >= 15 is 0 Å². The predicted molar refractivity (Wildman–Crippen MR) is 141 cm³/mol. The molecule has 8 nitrogen and oxygen atoms in total. The zero-order chi connectivity index (χ0) is 25.2. The molecule has 0 spiro atoms. The van der Waals surface area contributed by atoms with Gasteiger partial charge in [-0.1, -0.05) is 18.2 Å². The number of fused-ring (bicyclic) bond motifs is 3. The first-order valence-corrected chi connectivity index (χ1v) is 12.1. The molecule has 3 aromatic carbocycles. The van der Waals surface area contributed by atoms with Crippen LogP contribution in [0.2, 0.25) is 0 Å². The van der Waals surface area contributed by atoms with E-state index in [0.29, 0.717) is 30.8 Å². The number of ether oxygens (including phenoxy) is 1. The lowest BCUT2D eigenvalue weighted by atomic mass is 9.98. The highest BCUT2D eigenvalue weighted by atomic mass is 16.5. The lowest BCUT2D eigenvalue weighted by molar-refractivity contribution is 0.0615. The molecule has 1 aliphatic heterocycles. The maximum Gasteiger partial charge on any atom is 0.254 e. The molecule has 2 heterocycles. The number of methoxy groups -OCH3 is 1. The van der Waals surface area contributed by atoms with Gasteiger partial charge in [0.15, 0.2) is 0 Å². The van der Waals surface area contributed by atoms with Gasteiger partial charge in [0, 0.05) is 61.6 Å². The molecule has 2 amide bonds. The molecule has 0 bridgehead atoms. The Labute approximate surface area is 209 Å². The van der Waals surface area contributed by atoms with Crippen molar-refractivity contribution in [2.45, 2.75) is 0 Å². The van der Waals surface area contributed by atoms with Crippen molar-refractivity contribution in [2.24, 2.45) is 0 Å². The molecule has 0 radical (unpaired) electrons. The Morgan fingerprint density at radius 3 is 2.53 bits per heavy atom. The lowest BCUT2D eigenvalue weighted by Crippen LogP contribution is -2.49. The first-order valence-electron chi connectivity index (χ1n) is 12.1. The number of nitrogens with one attached hydrogen (secondary N) is 2. The van der Waals surface area contributed by atoms with Crippen molar-refractivity contribution < 1.29 is 19.4 Å². The highest BCUT2D eigenvalue weighted by Gasteiger charge is 2.23. The average Bonchev–Trinajstić information content (AvgIpc) is 3.30. The third kappa shape index (κ3) is 4.41. The van der Waals surface area contributed by atoms with Crippen molar-refractivity contribution in [1.29, 1.82) is 0 Å². The van der Waals surface area contributed by atoms with Crippen LogP contribution in [0.4, 0.5) is 0 Å². The van der Waals surface area contributed by atoms with Crippen LogP contribution < -0.4 is 10.1 Å². The summed E-state index contributed by atoms with van der Waals surface area (Å²) in [6, 6.07) is 17.4. The molecule has 36 heavy (non-hydrogen) atoms. The SMILES string of the molecule is CNC(=O)c1cc(-c2cccc(OC)c2)cc2c1[nH]c1cc(C(=O)N3CCN(CCO)CC3)ccc12. The summed E-state index contributed by atoms with van der Waals surface area (Å²) in [6.45, 7) is 3.53. The second kappa shape index (κ2) is 10.0. The number of carbonyl (C=O) groups excluding carboxylic acids is 2. The van der Waals surface area contributed by atoms with E-state index in [9.17, 15) is 9.59 Å². The van der Waals surface area contributed by atoms with Gasteiger partial charge in [-0.3, -0.25) is 14.5 Å². The van der Waals surface area contributed by atoms with Crippen molar-refractivity contribution in [3.63, 3.8) is 0 Å². The van der Waals surface area contributed by atoms with Crippen LogP contribution in [0.3, 0.4) is 0 Å². The first-order chi connectivity index (χ1) is 17.5. The summed E-state index contributed by atoms with van der Waals surface area (Å²) in [5.74, 6) is 0.546. The maximum absolute atomic E-state index is 13.2. The molecule has 3 N–H and O–H groups in total. The zero-order valence-electron chi connectivity index (χ0n) is 20.5. The molecule has 0 aliphatic carbocycles. The molecule has 0 atom stereocenters. The van der Waals surface area contributed by atoms with Crippen molar-refractivity contribution in [2.75, 3.05) is 53.5 Å². The van der Waals surface area contributed by atoms with Gasteiger partial charge in [-0.05, 0) is 47.5 Å². The molecule has 4 aromatic rings. The van der Waals surface area contributed by atoms with E-state index in [-0.39, 0.29) is 18.4 Å². The highest BCUT2D eigenvalue weighted by Crippen LogP contribution is 2.34. The number of rotatable bonds is 6. The van der Waals surface area contributed by atoms with Crippen molar-refractivity contribution in [1.82, 2.24) is 20.1 Å². The summed E-state index contributed by atoms with van der Waals surface area (Å²) in [5.41, 5.74) is 4.54. The van der Waals surface area contributed by atoms with Crippen LogP contribution in [0.1, 0.15) is 20.7 Å². The van der Waals surface area contributed by atoms with E-state index in [0.717, 1.165) is 51.8 Å². The summed E-state index contributed by atoms with van der Waals surface area (Å²) in [5, 5.41) is 13.8. The summed E-state index contributed by atoms with van der Waals surface area (Å²) in [4.78, 5) is 33.4. The third-order valence-electron chi connectivity index (χ3n) is 6.91. The maximum atomic E-state index is 13.2. The van der Waals surface area contributed by atoms with Gasteiger partial charge >= 0.3 is 0 Å². The summed E-state index contributed by atoms with van der Waals surface area (Å²) in [7, 11) is 3.25. The number of H-pyrrole nitrogens is 1. The molecule has 8 heteroatoms. The topological polar surface area (TPSA) is 97.9 Å². The van der Waals surface area contributed by atoms with Crippen molar-refractivity contribution in [3.8, 4) is 16.9 Å². The number of aliphatic hydroxyl groups excluding tert-OH is 1. The number of hydrogen-bond donors (Lipinski definition) is 3. The zero-order valence-corrected chi connectivity index (χ0v) is 20.5. The number of amides is 2. The van der Waals surface area contributed by atoms with E-state index < -0.39 is 0 Å². The quantitative estimate of drug-likeness (QED) is 0.389. The van der Waals surface area contributed by atoms with Gasteiger partial charge in [0.1, 0.15) is 5.75 Å². The molecule has 5 rings (SSSR count). The van der Waals surface area contributed by atoms with Gasteiger partial charge in [-0.2, -0.15) is 0 Å². The van der Waals surface area contributed by atoms with E-state index in [2.05, 4.69) is 21.3 Å². The fourth-order valence-corrected chi connectivity index (χ4v) is 4.92. The molecule has 0 unspecified atom stereocenters. The smallest absolute Gasteiger partial charge is 0.254 e. The number of aromatic nitrogens is 1. The molecular weight excluding hydrogens is 456 g/mol. The van der Waals surface area contributed by atoms with Crippen LogP contribution in [0, 0.1) is 0 Å². The summed E-state index contributed by atoms with van der Waals surface area (Å²) >= 11 is 0. The number of carbonyl (C=O) groups is 2. The van der Waals surface area contributed by atoms with E-state index in [4.69, 9.17) is 9.84 Å². The van der Waals surface area contributed by atoms with Crippen molar-refractivity contribution >= 4 is 33.6 Å². The first kappa shape index (κ1) is 23.8. The Hall–Kier alpha value is -3.88. The number of hydrogen-bond acceptors (Lipinski definition) is 5. The van der Waals surface area contributed by atoms with Gasteiger partial charge in [-0.15, -0.1) is 0 Å². The number of aromatic amines is 1. The molecule has 1 saturated heterocycles. The van der Waals surface area contributed by atoms with Crippen LogP contribution in [0.25, 0.3) is 32.9 Å². The minimum Gasteiger partial charge on any atom is -0.497 e. The molecule has 1 aliphatic rings. The van der Waals surface area contributed by atoms with Gasteiger partial charge in [0.05, 0.1) is 24.8 Å². The molecule has 1 fully saturated rings. The van der Waals surface area contributed by atoms with E-state index in [1.165, 1.54) is 0 Å². The summed E-state index contributed by atoms with van der Waals surface area (Å²) in [6.07, 6.45) is 0. The molecular formula is C28H30N4O4. The van der Waals surface area contributed by atoms with E-state index in [1.54, 1.807) is 14.2 Å². The average molecular weight is 487 g/mol. The fourth-order valence-electron chi connectivity index (χ4n) is 4.92. The highest BCUT2D eigenvalue weighted by molar-refractivity contribution is 6.17. The third-order valence-corrected chi connectivity index (χ3v) is 6.91. The van der Waals surface area contributed by atoms with Gasteiger partial charge in [-0.25, -0.2) is 0 Å². The van der Waals surface area contributed by atoms with Gasteiger partial charge in [0.2, 0.25) is 0 Å². The normalized spacial score (nSPS) is 14.4. The predicted octanol–water partition coefficient (Wildman–Crippen LogP) is 3.11. The Bertz CT molecular complexity index is 1440. The summed E-state index contributed by atoms with van der Waals surface area (Å²) < 4.78 is 5.39. The number of nitrogens with zero attached hydrogens (tertiary/aromatic N) is 2. The second-order valence-corrected chi connectivity index (χ2v) is 9.00. The standard InChI is InChI=1S/C28H30N4O4/c1-29-27(34)24-16-20(18-4-3-5-21(14-18)36-2)15-23-22-7-6-19(17-25(22)30-26(23)24)28(35)32-10-8-31(9-11-32)12-13-33/h3-7,14-17,30,33H,8-13H2,1-2H3,(H,29,34). The number of benzene rings is 3. The van der Waals surface area contributed by atoms with Crippen LogP contribution in [-0.4, -0.2) is 85.2 Å². The Morgan fingerprint density at radius 1 is 1.00 bits per heavy atom. The minimum absolute atomic E-state index is 0.0113. The number of β-amino-alcohol motifs (C(OH)–C–C–N with tert-alkyl or cyclic N) is 1. The van der Waals surface area contributed by atoms with Gasteiger partial charge in [0.25, 0.3) is 11.8 Å². The minimum atomic E-state index is -0.187. The van der Waals surface area contributed by atoms with Gasteiger partial charge < -0.3 is 25.0 Å². The largest absolute Gasteiger partial charge is 0.497 e. The van der Waals surface area contributed by atoms with Crippen LogP contribution >= 0.6 is 0 Å². The monoisotopic (exact) mass is 486 g/mol. The van der Waals surface area contributed by atoms with Crippen LogP contribution in [-0.2, 0) is 0 Å². The fraction of sp³-hybridized carbons (Fsp3) is 0.286. The van der Waals surface area contributed by atoms with Crippen LogP contribution in [0.5, 0.6) is 5.75 Å².